The van der Waals surface area contributed by atoms with Crippen LogP contribution in [-0.4, -0.2) is 20.5 Å². The van der Waals surface area contributed by atoms with E-state index in [1.165, 1.54) is 6.07 Å². The van der Waals surface area contributed by atoms with Crippen LogP contribution < -0.4 is 0 Å². The molecule has 0 saturated carbocycles. The summed E-state index contributed by atoms with van der Waals surface area (Å²) in [7, 11) is 0. The van der Waals surface area contributed by atoms with E-state index in [0.29, 0.717) is 23.2 Å². The predicted octanol–water partition coefficient (Wildman–Crippen LogP) is 3.05. The average molecular weight is 287 g/mol. The summed E-state index contributed by atoms with van der Waals surface area (Å²) < 4.78 is 1.65. The minimum absolute atomic E-state index is 0.0406. The highest BCUT2D eigenvalue weighted by atomic mass is 16.6. The lowest BCUT2D eigenvalue weighted by molar-refractivity contribution is -0.385. The van der Waals surface area contributed by atoms with Gasteiger partial charge in [0.15, 0.2) is 5.78 Å². The van der Waals surface area contributed by atoms with Crippen molar-refractivity contribution in [1.82, 2.24) is 9.78 Å². The van der Waals surface area contributed by atoms with Gasteiger partial charge in [-0.3, -0.25) is 19.6 Å². The maximum absolute atomic E-state index is 11.9. The van der Waals surface area contributed by atoms with Crippen molar-refractivity contribution in [3.8, 4) is 0 Å². The minimum Gasteiger partial charge on any atom is -0.294 e. The number of carbonyl (C=O) groups excluding carboxylic acids is 1. The molecular formula is C15H17N3O3. The van der Waals surface area contributed by atoms with Gasteiger partial charge in [0.1, 0.15) is 0 Å². The van der Waals surface area contributed by atoms with Gasteiger partial charge in [-0.2, -0.15) is 5.10 Å². The number of hydrogen-bond acceptors (Lipinski definition) is 4. The Morgan fingerprint density at radius 1 is 1.33 bits per heavy atom. The van der Waals surface area contributed by atoms with E-state index in [1.54, 1.807) is 36.7 Å². The molecule has 0 aliphatic heterocycles. The summed E-state index contributed by atoms with van der Waals surface area (Å²) in [6.45, 7) is 5.69. The first-order chi connectivity index (χ1) is 9.95. The molecule has 2 rings (SSSR count). The molecule has 0 bridgehead atoms. The molecule has 0 aliphatic rings. The van der Waals surface area contributed by atoms with Crippen molar-refractivity contribution < 1.29 is 9.72 Å². The normalized spacial score (nSPS) is 10.6. The molecule has 21 heavy (non-hydrogen) atoms. The first-order valence-electron chi connectivity index (χ1n) is 6.75. The summed E-state index contributed by atoms with van der Waals surface area (Å²) >= 11 is 0. The van der Waals surface area contributed by atoms with Gasteiger partial charge in [0.2, 0.25) is 0 Å². The third kappa shape index (κ3) is 2.84. The van der Waals surface area contributed by atoms with Gasteiger partial charge in [0, 0.05) is 18.2 Å². The van der Waals surface area contributed by atoms with Crippen LogP contribution in [0.2, 0.25) is 0 Å². The van der Waals surface area contributed by atoms with Crippen LogP contribution in [0.4, 0.5) is 5.69 Å². The number of hydrogen-bond donors (Lipinski definition) is 0. The van der Waals surface area contributed by atoms with Crippen LogP contribution in [0.25, 0.3) is 0 Å². The van der Waals surface area contributed by atoms with Gasteiger partial charge in [0.25, 0.3) is 5.69 Å². The molecule has 0 unspecified atom stereocenters. The Morgan fingerprint density at radius 3 is 2.62 bits per heavy atom. The molecule has 2 aromatic rings. The van der Waals surface area contributed by atoms with E-state index in [2.05, 4.69) is 5.10 Å². The molecule has 0 fully saturated rings. The third-order valence-corrected chi connectivity index (χ3v) is 3.49. The number of nitro benzene ring substituents is 1. The number of nitro groups is 1. The Hall–Kier alpha value is -2.50. The monoisotopic (exact) mass is 287 g/mol. The largest absolute Gasteiger partial charge is 0.294 e. The van der Waals surface area contributed by atoms with Crippen molar-refractivity contribution in [2.75, 3.05) is 0 Å². The maximum atomic E-state index is 11.9. The Labute approximate surface area is 122 Å². The molecule has 0 saturated heterocycles. The average Bonchev–Trinajstić information content (AvgIpc) is 2.73. The topological polar surface area (TPSA) is 78.0 Å². The summed E-state index contributed by atoms with van der Waals surface area (Å²) in [5, 5.41) is 15.4. The number of nitrogens with zero attached hydrogens (tertiary/aromatic N) is 3. The fourth-order valence-electron chi connectivity index (χ4n) is 2.42. The van der Waals surface area contributed by atoms with E-state index < -0.39 is 4.92 Å². The van der Waals surface area contributed by atoms with Gasteiger partial charge in [-0.05, 0) is 13.8 Å². The Kier molecular flexibility index (Phi) is 4.16. The second kappa shape index (κ2) is 5.87. The molecule has 1 aromatic heterocycles. The molecule has 1 heterocycles. The second-order valence-electron chi connectivity index (χ2n) is 4.87. The summed E-state index contributed by atoms with van der Waals surface area (Å²) in [5.41, 5.74) is 2.67. The molecule has 0 amide bonds. The lowest BCUT2D eigenvalue weighted by Crippen LogP contribution is -2.07. The highest BCUT2D eigenvalue weighted by Crippen LogP contribution is 2.21. The smallest absolute Gasteiger partial charge is 0.274 e. The van der Waals surface area contributed by atoms with Crippen molar-refractivity contribution in [2.24, 2.45) is 0 Å². The quantitative estimate of drug-likeness (QED) is 0.481. The first-order valence-corrected chi connectivity index (χ1v) is 6.75. The zero-order valence-corrected chi connectivity index (χ0v) is 12.3. The molecule has 6 heteroatoms. The highest BCUT2D eigenvalue weighted by molar-refractivity contribution is 5.97. The lowest BCUT2D eigenvalue weighted by Gasteiger charge is -2.06. The molecule has 0 atom stereocenters. The molecule has 1 aromatic carbocycles. The first kappa shape index (κ1) is 14.9. The van der Waals surface area contributed by atoms with Crippen molar-refractivity contribution in [3.05, 3.63) is 56.9 Å². The number of aromatic nitrogens is 2. The van der Waals surface area contributed by atoms with Gasteiger partial charge in [-0.15, -0.1) is 0 Å². The van der Waals surface area contributed by atoms with Gasteiger partial charge in [-0.1, -0.05) is 25.1 Å². The van der Waals surface area contributed by atoms with Crippen LogP contribution in [0.3, 0.4) is 0 Å². The standard InChI is InChI=1S/C15H17N3O3/c1-4-14(19)15-10(2)16-17(11(15)3)9-12-7-5-6-8-13(12)18(20)21/h5-8H,4,9H2,1-3H3. The zero-order chi connectivity index (χ0) is 15.6. The van der Waals surface area contributed by atoms with Crippen LogP contribution in [-0.2, 0) is 6.54 Å². The summed E-state index contributed by atoms with van der Waals surface area (Å²) in [5.74, 6) is 0.0406. The number of para-hydroxylation sites is 1. The van der Waals surface area contributed by atoms with Gasteiger partial charge < -0.3 is 0 Å². The van der Waals surface area contributed by atoms with Crippen molar-refractivity contribution >= 4 is 11.5 Å². The number of benzene rings is 1. The summed E-state index contributed by atoms with van der Waals surface area (Å²) in [4.78, 5) is 22.6. The molecule has 0 spiro atoms. The van der Waals surface area contributed by atoms with Gasteiger partial charge in [0.05, 0.1) is 28.3 Å². The minimum atomic E-state index is -0.404. The van der Waals surface area contributed by atoms with Crippen LogP contribution >= 0.6 is 0 Å². The maximum Gasteiger partial charge on any atom is 0.274 e. The molecule has 0 aliphatic carbocycles. The summed E-state index contributed by atoms with van der Waals surface area (Å²) in [6.07, 6.45) is 0.416. The van der Waals surface area contributed by atoms with Crippen LogP contribution in [0.15, 0.2) is 24.3 Å². The van der Waals surface area contributed by atoms with Crippen LogP contribution in [0.1, 0.15) is 40.7 Å². The molecule has 110 valence electrons. The fourth-order valence-corrected chi connectivity index (χ4v) is 2.42. The van der Waals surface area contributed by atoms with Gasteiger partial charge in [-0.25, -0.2) is 0 Å². The van der Waals surface area contributed by atoms with Crippen LogP contribution in [0.5, 0.6) is 0 Å². The summed E-state index contributed by atoms with van der Waals surface area (Å²) in [6, 6.07) is 6.57. The molecule has 6 nitrogen and oxygen atoms in total. The number of ketones is 1. The van der Waals surface area contributed by atoms with E-state index in [-0.39, 0.29) is 18.0 Å². The van der Waals surface area contributed by atoms with E-state index in [1.807, 2.05) is 6.92 Å². The van der Waals surface area contributed by atoms with Crippen molar-refractivity contribution in [2.45, 2.75) is 33.7 Å². The number of carbonyl (C=O) groups is 1. The Bertz CT molecular complexity index is 704. The SMILES string of the molecule is CCC(=O)c1c(C)nn(Cc2ccccc2[N+](=O)[O-])c1C. The molecular weight excluding hydrogens is 270 g/mol. The van der Waals surface area contributed by atoms with E-state index in [9.17, 15) is 14.9 Å². The van der Waals surface area contributed by atoms with E-state index >= 15 is 0 Å². The van der Waals surface area contributed by atoms with E-state index in [4.69, 9.17) is 0 Å². The molecule has 0 radical (unpaired) electrons. The van der Waals surface area contributed by atoms with Crippen molar-refractivity contribution in [3.63, 3.8) is 0 Å². The fraction of sp³-hybridized carbons (Fsp3) is 0.333. The number of aryl methyl sites for hydroxylation is 1. The number of Topliss-reactive ketones (excluding diaryl/α,β-unsaturated/α-hetero) is 1. The Morgan fingerprint density at radius 2 is 2.00 bits per heavy atom. The number of rotatable bonds is 5. The second-order valence-corrected chi connectivity index (χ2v) is 4.87. The van der Waals surface area contributed by atoms with E-state index in [0.717, 1.165) is 5.69 Å². The van der Waals surface area contributed by atoms with Crippen LogP contribution in [0, 0.1) is 24.0 Å². The highest BCUT2D eigenvalue weighted by Gasteiger charge is 2.19. The lowest BCUT2D eigenvalue weighted by atomic mass is 10.1. The van der Waals surface area contributed by atoms with Crippen molar-refractivity contribution in [1.29, 1.82) is 0 Å². The third-order valence-electron chi connectivity index (χ3n) is 3.49. The van der Waals surface area contributed by atoms with Gasteiger partial charge >= 0.3 is 0 Å². The Balaban J connectivity index is 2.42. The molecule has 0 N–H and O–H groups in total. The zero-order valence-electron chi connectivity index (χ0n) is 12.3. The predicted molar refractivity (Wildman–Crippen MR) is 78.5 cm³/mol.